The molecule has 2 unspecified atom stereocenters. The van der Waals surface area contributed by atoms with E-state index in [2.05, 4.69) is 11.7 Å². The zero-order chi connectivity index (χ0) is 18.8. The van der Waals surface area contributed by atoms with Crippen LogP contribution >= 0.6 is 0 Å². The molecule has 0 amide bonds. The third-order valence-corrected chi connectivity index (χ3v) is 4.96. The molecule has 0 aliphatic carbocycles. The summed E-state index contributed by atoms with van der Waals surface area (Å²) in [5, 5.41) is 0. The van der Waals surface area contributed by atoms with Crippen molar-refractivity contribution in [3.05, 3.63) is 0 Å². The maximum absolute atomic E-state index is 11.1. The van der Waals surface area contributed by atoms with Crippen LogP contribution in [0.1, 0.15) is 96.8 Å². The molecule has 0 rings (SSSR count). The van der Waals surface area contributed by atoms with Gasteiger partial charge in [0.1, 0.15) is 0 Å². The Morgan fingerprint density at radius 3 is 1.56 bits per heavy atom. The van der Waals surface area contributed by atoms with Crippen LogP contribution in [0.15, 0.2) is 0 Å². The van der Waals surface area contributed by atoms with Gasteiger partial charge in [-0.3, -0.25) is 4.79 Å². The van der Waals surface area contributed by atoms with E-state index in [0.717, 1.165) is 25.7 Å². The van der Waals surface area contributed by atoms with Gasteiger partial charge in [0, 0.05) is 20.6 Å². The summed E-state index contributed by atoms with van der Waals surface area (Å²) < 4.78 is 16.0. The smallest absolute Gasteiger partial charge is 0.305 e. The van der Waals surface area contributed by atoms with Gasteiger partial charge in [0.2, 0.25) is 0 Å². The zero-order valence-electron chi connectivity index (χ0n) is 17.2. The maximum Gasteiger partial charge on any atom is 0.305 e. The van der Waals surface area contributed by atoms with Crippen molar-refractivity contribution in [2.24, 2.45) is 0 Å². The topological polar surface area (TPSA) is 44.8 Å². The van der Waals surface area contributed by atoms with Crippen molar-refractivity contribution in [1.29, 1.82) is 0 Å². The summed E-state index contributed by atoms with van der Waals surface area (Å²) in [7, 11) is 4.97. The number of rotatable bonds is 18. The number of hydrogen-bond donors (Lipinski definition) is 0. The fourth-order valence-electron chi connectivity index (χ4n) is 3.28. The van der Waals surface area contributed by atoms with Crippen LogP contribution in [0.3, 0.4) is 0 Å². The molecule has 0 saturated carbocycles. The lowest BCUT2D eigenvalue weighted by atomic mass is 9.99. The molecule has 0 aliphatic rings. The highest BCUT2D eigenvalue weighted by Gasteiger charge is 2.20. The van der Waals surface area contributed by atoms with Gasteiger partial charge in [-0.15, -0.1) is 0 Å². The average Bonchev–Trinajstić information content (AvgIpc) is 2.64. The molecule has 0 aromatic rings. The maximum atomic E-state index is 11.1. The summed E-state index contributed by atoms with van der Waals surface area (Å²) >= 11 is 0. The van der Waals surface area contributed by atoms with Crippen molar-refractivity contribution in [1.82, 2.24) is 0 Å². The van der Waals surface area contributed by atoms with Gasteiger partial charge in [-0.1, -0.05) is 71.1 Å². The minimum absolute atomic E-state index is 0.122. The summed E-state index contributed by atoms with van der Waals surface area (Å²) in [6, 6.07) is 0. The van der Waals surface area contributed by atoms with E-state index in [4.69, 9.17) is 9.47 Å². The molecule has 0 aromatic heterocycles. The Kier molecular flexibility index (Phi) is 17.7. The standard InChI is InChI=1S/C21H42O4/c1-5-6-7-8-9-10-11-12-13-16-19(23-2)20(24-3)17-14-15-18-21(22)25-4/h19-20H,5-18H2,1-4H3. The van der Waals surface area contributed by atoms with E-state index in [9.17, 15) is 4.79 Å². The third-order valence-electron chi connectivity index (χ3n) is 4.96. The second-order valence-corrected chi connectivity index (χ2v) is 6.99. The number of unbranched alkanes of at least 4 members (excludes halogenated alkanes) is 9. The lowest BCUT2D eigenvalue weighted by molar-refractivity contribution is -0.140. The summed E-state index contributed by atoms with van der Waals surface area (Å²) in [5.74, 6) is -0.132. The Morgan fingerprint density at radius 1 is 0.680 bits per heavy atom. The first-order valence-electron chi connectivity index (χ1n) is 10.3. The molecule has 0 fully saturated rings. The van der Waals surface area contributed by atoms with Crippen molar-refractivity contribution in [2.45, 2.75) is 109 Å². The van der Waals surface area contributed by atoms with Crippen molar-refractivity contribution < 1.29 is 19.0 Å². The molecule has 0 radical (unpaired) electrons. The van der Waals surface area contributed by atoms with Gasteiger partial charge >= 0.3 is 5.97 Å². The first kappa shape index (κ1) is 24.4. The molecule has 4 heteroatoms. The Balaban J connectivity index is 3.75. The molecule has 0 heterocycles. The van der Waals surface area contributed by atoms with Gasteiger partial charge in [-0.2, -0.15) is 0 Å². The lowest BCUT2D eigenvalue weighted by Gasteiger charge is -2.25. The molecule has 0 bridgehead atoms. The Hall–Kier alpha value is -0.610. The van der Waals surface area contributed by atoms with Crippen LogP contribution in [0, 0.1) is 0 Å². The number of carbonyl (C=O) groups excluding carboxylic acids is 1. The molecule has 150 valence electrons. The van der Waals surface area contributed by atoms with Crippen LogP contribution < -0.4 is 0 Å². The number of carbonyl (C=O) groups is 1. The van der Waals surface area contributed by atoms with Crippen molar-refractivity contribution >= 4 is 5.97 Å². The minimum atomic E-state index is -0.132. The Morgan fingerprint density at radius 2 is 1.12 bits per heavy atom. The summed E-state index contributed by atoms with van der Waals surface area (Å²) in [6.45, 7) is 2.26. The molecule has 0 N–H and O–H groups in total. The molecule has 25 heavy (non-hydrogen) atoms. The predicted octanol–water partition coefficient (Wildman–Crippen LogP) is 5.67. The van der Waals surface area contributed by atoms with Crippen molar-refractivity contribution in [3.8, 4) is 0 Å². The van der Waals surface area contributed by atoms with E-state index < -0.39 is 0 Å². The van der Waals surface area contributed by atoms with Gasteiger partial charge in [0.25, 0.3) is 0 Å². The zero-order valence-corrected chi connectivity index (χ0v) is 17.2. The molecule has 4 nitrogen and oxygen atoms in total. The largest absolute Gasteiger partial charge is 0.469 e. The molecule has 0 saturated heterocycles. The quantitative estimate of drug-likeness (QED) is 0.234. The van der Waals surface area contributed by atoms with Crippen LogP contribution in [0.4, 0.5) is 0 Å². The summed E-state index contributed by atoms with van der Waals surface area (Å²) in [6.07, 6.45) is 16.6. The third kappa shape index (κ3) is 14.3. The van der Waals surface area contributed by atoms with Crippen molar-refractivity contribution in [3.63, 3.8) is 0 Å². The second-order valence-electron chi connectivity index (χ2n) is 6.99. The van der Waals surface area contributed by atoms with Gasteiger partial charge in [-0.25, -0.2) is 0 Å². The normalized spacial score (nSPS) is 13.6. The molecule has 2 atom stereocenters. The van der Waals surface area contributed by atoms with E-state index in [-0.39, 0.29) is 18.2 Å². The molecular formula is C21H42O4. The van der Waals surface area contributed by atoms with E-state index >= 15 is 0 Å². The summed E-state index contributed by atoms with van der Waals surface area (Å²) in [5.41, 5.74) is 0. The number of methoxy groups -OCH3 is 3. The first-order valence-corrected chi connectivity index (χ1v) is 10.3. The van der Waals surface area contributed by atoms with E-state index in [1.165, 1.54) is 64.9 Å². The van der Waals surface area contributed by atoms with Crippen LogP contribution in [0.25, 0.3) is 0 Å². The fraction of sp³-hybridized carbons (Fsp3) is 0.952. The van der Waals surface area contributed by atoms with Crippen molar-refractivity contribution in [2.75, 3.05) is 21.3 Å². The number of esters is 1. The number of ether oxygens (including phenoxy) is 3. The first-order chi connectivity index (χ1) is 12.2. The molecule has 0 aliphatic heterocycles. The van der Waals surface area contributed by atoms with E-state index in [1.54, 1.807) is 14.2 Å². The Labute approximate surface area is 156 Å². The van der Waals surface area contributed by atoms with Gasteiger partial charge in [0.05, 0.1) is 19.3 Å². The van der Waals surface area contributed by atoms with Gasteiger partial charge in [0.15, 0.2) is 0 Å². The number of hydrogen-bond acceptors (Lipinski definition) is 4. The highest BCUT2D eigenvalue weighted by atomic mass is 16.5. The molecule has 0 aromatic carbocycles. The van der Waals surface area contributed by atoms with E-state index in [0.29, 0.717) is 6.42 Å². The van der Waals surface area contributed by atoms with Gasteiger partial charge in [-0.05, 0) is 19.3 Å². The highest BCUT2D eigenvalue weighted by molar-refractivity contribution is 5.68. The predicted molar refractivity (Wildman–Crippen MR) is 104 cm³/mol. The van der Waals surface area contributed by atoms with Crippen LogP contribution in [-0.4, -0.2) is 39.5 Å². The highest BCUT2D eigenvalue weighted by Crippen LogP contribution is 2.18. The van der Waals surface area contributed by atoms with Crippen LogP contribution in [0.2, 0.25) is 0 Å². The average molecular weight is 359 g/mol. The monoisotopic (exact) mass is 358 g/mol. The van der Waals surface area contributed by atoms with E-state index in [1.807, 2.05) is 0 Å². The molecular weight excluding hydrogens is 316 g/mol. The SMILES string of the molecule is CCCCCCCCCCCC(OC)C(CCCCC(=O)OC)OC. The lowest BCUT2D eigenvalue weighted by Crippen LogP contribution is -2.30. The van der Waals surface area contributed by atoms with Crippen LogP contribution in [-0.2, 0) is 19.0 Å². The second kappa shape index (κ2) is 18.2. The van der Waals surface area contributed by atoms with Crippen LogP contribution in [0.5, 0.6) is 0 Å². The van der Waals surface area contributed by atoms with Gasteiger partial charge < -0.3 is 14.2 Å². The molecule has 0 spiro atoms. The fourth-order valence-corrected chi connectivity index (χ4v) is 3.28. The minimum Gasteiger partial charge on any atom is -0.469 e. The summed E-state index contributed by atoms with van der Waals surface area (Å²) in [4.78, 5) is 11.1. The Bertz CT molecular complexity index is 294.